The third-order valence-corrected chi connectivity index (χ3v) is 7.37. The Labute approximate surface area is 199 Å². The smallest absolute Gasteiger partial charge is 0.410 e. The lowest BCUT2D eigenvalue weighted by atomic mass is 10.0. The van der Waals surface area contributed by atoms with Gasteiger partial charge >= 0.3 is 6.09 Å². The molecule has 1 fully saturated rings. The van der Waals surface area contributed by atoms with Crippen molar-refractivity contribution in [2.24, 2.45) is 0 Å². The monoisotopic (exact) mass is 494 g/mol. The van der Waals surface area contributed by atoms with Crippen molar-refractivity contribution in [1.82, 2.24) is 9.47 Å². The fourth-order valence-electron chi connectivity index (χ4n) is 4.05. The van der Waals surface area contributed by atoms with E-state index < -0.39 is 21.3 Å². The number of halogens is 2. The lowest BCUT2D eigenvalue weighted by Crippen LogP contribution is -2.42. The van der Waals surface area contributed by atoms with Crippen LogP contribution >= 0.6 is 12.4 Å². The van der Waals surface area contributed by atoms with Crippen molar-refractivity contribution in [1.29, 1.82) is 0 Å². The molecule has 33 heavy (non-hydrogen) atoms. The molecule has 4 rings (SSSR count). The Kier molecular flexibility index (Phi) is 7.10. The Morgan fingerprint density at radius 1 is 1.03 bits per heavy atom. The molecule has 0 unspecified atom stereocenters. The van der Waals surface area contributed by atoms with Gasteiger partial charge in [-0.3, -0.25) is 0 Å². The molecule has 0 N–H and O–H groups in total. The normalized spacial score (nSPS) is 15.3. The van der Waals surface area contributed by atoms with Crippen LogP contribution in [0.3, 0.4) is 0 Å². The second-order valence-corrected chi connectivity index (χ2v) is 11.1. The van der Waals surface area contributed by atoms with Gasteiger partial charge < -0.3 is 14.2 Å². The summed E-state index contributed by atoms with van der Waals surface area (Å²) in [5.74, 6) is -0.587. The minimum atomic E-state index is -3.81. The summed E-state index contributed by atoms with van der Waals surface area (Å²) in [5.41, 5.74) is 0.410. The lowest BCUT2D eigenvalue weighted by molar-refractivity contribution is 0.0189. The van der Waals surface area contributed by atoms with E-state index >= 15 is 0 Å². The fraction of sp³-hybridized carbons (Fsp3) is 0.375. The number of hydrogen-bond donors (Lipinski definition) is 0. The lowest BCUT2D eigenvalue weighted by Gasteiger charge is -2.34. The molecule has 6 nitrogen and oxygen atoms in total. The number of sulfone groups is 1. The van der Waals surface area contributed by atoms with Crippen molar-refractivity contribution in [3.63, 3.8) is 0 Å². The highest BCUT2D eigenvalue weighted by molar-refractivity contribution is 7.91. The number of rotatable bonds is 3. The number of hydrogen-bond acceptors (Lipinski definition) is 4. The van der Waals surface area contributed by atoms with Crippen LogP contribution in [0.4, 0.5) is 9.18 Å². The topological polar surface area (TPSA) is 68.6 Å². The maximum atomic E-state index is 13.5. The van der Waals surface area contributed by atoms with Crippen molar-refractivity contribution in [2.45, 2.75) is 55.0 Å². The van der Waals surface area contributed by atoms with E-state index in [0.717, 1.165) is 29.8 Å². The van der Waals surface area contributed by atoms with Gasteiger partial charge in [0.2, 0.25) is 9.84 Å². The first-order valence-electron chi connectivity index (χ1n) is 10.6. The highest BCUT2D eigenvalue weighted by Crippen LogP contribution is 2.31. The van der Waals surface area contributed by atoms with Crippen LogP contribution in [0.25, 0.3) is 10.9 Å². The van der Waals surface area contributed by atoms with Gasteiger partial charge in [-0.2, -0.15) is 0 Å². The Bertz CT molecular complexity index is 1260. The van der Waals surface area contributed by atoms with Gasteiger partial charge in [0.25, 0.3) is 0 Å². The minimum absolute atomic E-state index is 0. The van der Waals surface area contributed by atoms with E-state index in [9.17, 15) is 17.6 Å². The summed E-state index contributed by atoms with van der Waals surface area (Å²) >= 11 is 0. The minimum Gasteiger partial charge on any atom is -0.444 e. The van der Waals surface area contributed by atoms with Crippen molar-refractivity contribution in [2.75, 3.05) is 13.1 Å². The van der Waals surface area contributed by atoms with Gasteiger partial charge in [-0.1, -0.05) is 6.07 Å². The second kappa shape index (κ2) is 9.35. The first kappa shape index (κ1) is 25.1. The van der Waals surface area contributed by atoms with Crippen molar-refractivity contribution in [3.8, 4) is 0 Å². The third kappa shape index (κ3) is 5.33. The van der Waals surface area contributed by atoms with Crippen LogP contribution in [0, 0.1) is 5.82 Å². The maximum absolute atomic E-state index is 13.5. The van der Waals surface area contributed by atoms with E-state index in [4.69, 9.17) is 4.74 Å². The fourth-order valence-corrected chi connectivity index (χ4v) is 5.38. The Morgan fingerprint density at radius 2 is 1.70 bits per heavy atom. The zero-order chi connectivity index (χ0) is 23.1. The summed E-state index contributed by atoms with van der Waals surface area (Å²) in [6.45, 7) is 6.77. The van der Waals surface area contributed by atoms with E-state index in [1.807, 2.05) is 33.0 Å². The average Bonchev–Trinajstić information content (AvgIpc) is 3.16. The van der Waals surface area contributed by atoms with E-state index in [1.54, 1.807) is 23.1 Å². The summed E-state index contributed by atoms with van der Waals surface area (Å²) in [6.07, 6.45) is 3.23. The SMILES string of the molecule is CC(C)(C)OC(=O)N1CCC(n2ccc3cc(S(=O)(=O)c4cccc(F)c4)ccc32)CC1.Cl. The summed E-state index contributed by atoms with van der Waals surface area (Å²) in [6, 6.07) is 12.1. The van der Waals surface area contributed by atoms with Crippen LogP contribution in [0.15, 0.2) is 64.5 Å². The number of ether oxygens (including phenoxy) is 1. The van der Waals surface area contributed by atoms with Crippen molar-refractivity contribution in [3.05, 3.63) is 60.5 Å². The number of nitrogens with zero attached hydrogens (tertiary/aromatic N) is 2. The molecule has 0 radical (unpaired) electrons. The largest absolute Gasteiger partial charge is 0.444 e. The predicted octanol–water partition coefficient (Wildman–Crippen LogP) is 5.61. The second-order valence-electron chi connectivity index (χ2n) is 9.10. The molecule has 1 aliphatic heterocycles. The van der Waals surface area contributed by atoms with Gasteiger partial charge in [-0.15, -0.1) is 12.4 Å². The Morgan fingerprint density at radius 3 is 2.33 bits per heavy atom. The predicted molar refractivity (Wildman–Crippen MR) is 127 cm³/mol. The molecule has 0 bridgehead atoms. The van der Waals surface area contributed by atoms with E-state index in [1.165, 1.54) is 18.2 Å². The number of piperidine rings is 1. The average molecular weight is 495 g/mol. The summed E-state index contributed by atoms with van der Waals surface area (Å²) < 4.78 is 47.0. The number of likely N-dealkylation sites (tertiary alicyclic amines) is 1. The first-order chi connectivity index (χ1) is 15.0. The molecule has 0 spiro atoms. The van der Waals surface area contributed by atoms with Gasteiger partial charge in [0.15, 0.2) is 0 Å². The van der Waals surface area contributed by atoms with Crippen molar-refractivity contribution < 1.29 is 22.3 Å². The molecule has 1 amide bonds. The van der Waals surface area contributed by atoms with Gasteiger partial charge in [0.05, 0.1) is 9.79 Å². The Hall–Kier alpha value is -2.58. The van der Waals surface area contributed by atoms with Crippen LogP contribution in [-0.4, -0.2) is 42.7 Å². The van der Waals surface area contributed by atoms with Gasteiger partial charge in [-0.05, 0) is 76.1 Å². The number of amides is 1. The van der Waals surface area contributed by atoms with Crippen LogP contribution in [-0.2, 0) is 14.6 Å². The number of benzene rings is 2. The summed E-state index contributed by atoms with van der Waals surface area (Å²) in [7, 11) is -3.81. The quantitative estimate of drug-likeness (QED) is 0.474. The molecule has 0 saturated carbocycles. The zero-order valence-electron chi connectivity index (χ0n) is 18.8. The van der Waals surface area contributed by atoms with Crippen LogP contribution in [0.5, 0.6) is 0 Å². The van der Waals surface area contributed by atoms with E-state index in [-0.39, 0.29) is 34.3 Å². The summed E-state index contributed by atoms with van der Waals surface area (Å²) in [4.78, 5) is 14.1. The molecule has 2 aromatic carbocycles. The number of carbonyl (C=O) groups excluding carboxylic acids is 1. The van der Waals surface area contributed by atoms with Crippen molar-refractivity contribution >= 4 is 39.2 Å². The van der Waals surface area contributed by atoms with Gasteiger partial charge in [-0.25, -0.2) is 17.6 Å². The molecular formula is C24H28ClFN2O4S. The van der Waals surface area contributed by atoms with E-state index in [2.05, 4.69) is 4.57 Å². The number of carbonyl (C=O) groups is 1. The molecule has 1 aliphatic rings. The molecular weight excluding hydrogens is 467 g/mol. The Balaban J connectivity index is 0.00000306. The standard InChI is InChI=1S/C24H27FN2O4S.ClH/c1-24(2,3)31-23(28)26-12-10-19(11-13-26)27-14-9-17-15-21(7-8-22(17)27)32(29,30)20-6-4-5-18(25)16-20;/h4-9,14-16,19H,10-13H2,1-3H3;1H. The first-order valence-corrected chi connectivity index (χ1v) is 12.1. The zero-order valence-corrected chi connectivity index (χ0v) is 20.5. The maximum Gasteiger partial charge on any atom is 0.410 e. The molecule has 0 aliphatic carbocycles. The summed E-state index contributed by atoms with van der Waals surface area (Å²) in [5, 5.41) is 0.803. The number of aromatic nitrogens is 1. The molecule has 1 saturated heterocycles. The van der Waals surface area contributed by atoms with Crippen LogP contribution < -0.4 is 0 Å². The van der Waals surface area contributed by atoms with Crippen LogP contribution in [0.2, 0.25) is 0 Å². The van der Waals surface area contributed by atoms with E-state index in [0.29, 0.717) is 13.1 Å². The number of fused-ring (bicyclic) bond motifs is 1. The third-order valence-electron chi connectivity index (χ3n) is 5.62. The molecule has 1 aromatic heterocycles. The molecule has 9 heteroatoms. The van der Waals surface area contributed by atoms with Gasteiger partial charge in [0, 0.05) is 36.2 Å². The highest BCUT2D eigenvalue weighted by Gasteiger charge is 2.28. The molecule has 2 heterocycles. The molecule has 3 aromatic rings. The molecule has 0 atom stereocenters. The highest BCUT2D eigenvalue weighted by atomic mass is 35.5. The van der Waals surface area contributed by atoms with Gasteiger partial charge in [0.1, 0.15) is 11.4 Å². The van der Waals surface area contributed by atoms with Crippen LogP contribution in [0.1, 0.15) is 39.7 Å². The molecule has 178 valence electrons.